The van der Waals surface area contributed by atoms with Gasteiger partial charge in [-0.3, -0.25) is 4.90 Å². The molecule has 1 aromatic carbocycles. The van der Waals surface area contributed by atoms with E-state index in [2.05, 4.69) is 23.6 Å². The lowest BCUT2D eigenvalue weighted by atomic mass is 10.1. The molecule has 0 saturated carbocycles. The number of benzene rings is 1. The summed E-state index contributed by atoms with van der Waals surface area (Å²) in [5, 5.41) is 9.96. The van der Waals surface area contributed by atoms with Crippen molar-refractivity contribution in [2.24, 2.45) is 0 Å². The van der Waals surface area contributed by atoms with Crippen LogP contribution in [0.5, 0.6) is 0 Å². The normalized spacial score (nSPS) is 22.1. The quantitative estimate of drug-likeness (QED) is 0.798. The van der Waals surface area contributed by atoms with E-state index in [4.69, 9.17) is 4.74 Å². The fourth-order valence-corrected chi connectivity index (χ4v) is 2.44. The van der Waals surface area contributed by atoms with Crippen LogP contribution in [0.25, 0.3) is 0 Å². The first-order valence-corrected chi connectivity index (χ1v) is 6.97. The van der Waals surface area contributed by atoms with E-state index in [0.29, 0.717) is 0 Å². The summed E-state index contributed by atoms with van der Waals surface area (Å²) in [7, 11) is 0. The van der Waals surface area contributed by atoms with Gasteiger partial charge in [0.15, 0.2) is 0 Å². The average Bonchev–Trinajstić information content (AvgIpc) is 2.46. The summed E-state index contributed by atoms with van der Waals surface area (Å²) in [6.07, 6.45) is 3.37. The molecule has 1 heterocycles. The van der Waals surface area contributed by atoms with Crippen LogP contribution in [-0.4, -0.2) is 42.4 Å². The Morgan fingerprint density at radius 3 is 2.95 bits per heavy atom. The number of hydrogen-bond donors (Lipinski definition) is 1. The molecule has 1 fully saturated rings. The summed E-state index contributed by atoms with van der Waals surface area (Å²) in [6.45, 7) is 6.89. The van der Waals surface area contributed by atoms with Crippen LogP contribution in [0.3, 0.4) is 0 Å². The van der Waals surface area contributed by atoms with Gasteiger partial charge in [-0.15, -0.1) is 6.58 Å². The largest absolute Gasteiger partial charge is 0.392 e. The number of hydrogen-bond acceptors (Lipinski definition) is 3. The van der Waals surface area contributed by atoms with E-state index in [1.54, 1.807) is 0 Å². The second kappa shape index (κ2) is 7.43. The molecule has 0 aromatic heterocycles. The summed E-state index contributed by atoms with van der Waals surface area (Å²) in [6, 6.07) is 10.3. The first-order valence-electron chi connectivity index (χ1n) is 6.97. The molecule has 0 unspecified atom stereocenters. The molecule has 1 saturated heterocycles. The third kappa shape index (κ3) is 4.46. The van der Waals surface area contributed by atoms with Crippen LogP contribution in [0.4, 0.5) is 0 Å². The first-order chi connectivity index (χ1) is 9.29. The second-order valence-corrected chi connectivity index (χ2v) is 5.05. The predicted octanol–water partition coefficient (Wildman–Crippen LogP) is 2.39. The standard InChI is InChI=1S/C16H23NO2/c1-2-3-9-15(18)12-17-10-11-19-16(13-17)14-7-5-4-6-8-14/h2,4-8,15-16,18H,1,3,9-13H2/t15-,16+/m1/s1. The monoisotopic (exact) mass is 261 g/mol. The summed E-state index contributed by atoms with van der Waals surface area (Å²) < 4.78 is 5.82. The Hall–Kier alpha value is -1.16. The van der Waals surface area contributed by atoms with Crippen molar-refractivity contribution in [3.05, 3.63) is 48.6 Å². The Bertz CT molecular complexity index is 380. The molecule has 0 amide bonds. The molecule has 1 aliphatic heterocycles. The molecule has 19 heavy (non-hydrogen) atoms. The molecule has 2 rings (SSSR count). The fourth-order valence-electron chi connectivity index (χ4n) is 2.44. The Kier molecular flexibility index (Phi) is 5.58. The summed E-state index contributed by atoms with van der Waals surface area (Å²) in [4.78, 5) is 2.29. The fraction of sp³-hybridized carbons (Fsp3) is 0.500. The van der Waals surface area contributed by atoms with Gasteiger partial charge in [0.2, 0.25) is 0 Å². The van der Waals surface area contributed by atoms with E-state index in [1.807, 2.05) is 24.3 Å². The van der Waals surface area contributed by atoms with Gasteiger partial charge in [-0.25, -0.2) is 0 Å². The zero-order valence-electron chi connectivity index (χ0n) is 11.4. The number of ether oxygens (including phenoxy) is 1. The molecule has 0 radical (unpaired) electrons. The van der Waals surface area contributed by atoms with Crippen LogP contribution in [0.2, 0.25) is 0 Å². The van der Waals surface area contributed by atoms with Gasteiger partial charge in [-0.05, 0) is 18.4 Å². The van der Waals surface area contributed by atoms with Gasteiger partial charge >= 0.3 is 0 Å². The van der Waals surface area contributed by atoms with Gasteiger partial charge in [-0.1, -0.05) is 36.4 Å². The van der Waals surface area contributed by atoms with E-state index < -0.39 is 0 Å². The smallest absolute Gasteiger partial charge is 0.0952 e. The number of aliphatic hydroxyl groups is 1. The topological polar surface area (TPSA) is 32.7 Å². The van der Waals surface area contributed by atoms with Crippen molar-refractivity contribution in [1.82, 2.24) is 4.90 Å². The maximum absolute atomic E-state index is 9.96. The highest BCUT2D eigenvalue weighted by atomic mass is 16.5. The van der Waals surface area contributed by atoms with Crippen molar-refractivity contribution >= 4 is 0 Å². The zero-order chi connectivity index (χ0) is 13.5. The Morgan fingerprint density at radius 1 is 1.42 bits per heavy atom. The SMILES string of the molecule is C=CCC[C@@H](O)CN1CCO[C@H](c2ccccc2)C1. The molecular weight excluding hydrogens is 238 g/mol. The van der Waals surface area contributed by atoms with E-state index in [1.165, 1.54) is 5.56 Å². The summed E-state index contributed by atoms with van der Waals surface area (Å²) in [5.41, 5.74) is 1.22. The number of morpholine rings is 1. The van der Waals surface area contributed by atoms with Crippen LogP contribution in [0.15, 0.2) is 43.0 Å². The van der Waals surface area contributed by atoms with Crippen molar-refractivity contribution in [3.8, 4) is 0 Å². The van der Waals surface area contributed by atoms with Crippen molar-refractivity contribution in [1.29, 1.82) is 0 Å². The minimum atomic E-state index is -0.271. The predicted molar refractivity (Wildman–Crippen MR) is 77.0 cm³/mol. The first kappa shape index (κ1) is 14.3. The molecule has 104 valence electrons. The average molecular weight is 261 g/mol. The molecule has 3 nitrogen and oxygen atoms in total. The van der Waals surface area contributed by atoms with Crippen LogP contribution >= 0.6 is 0 Å². The van der Waals surface area contributed by atoms with Crippen LogP contribution < -0.4 is 0 Å². The van der Waals surface area contributed by atoms with E-state index in [0.717, 1.165) is 39.1 Å². The highest BCUT2D eigenvalue weighted by Gasteiger charge is 2.23. The molecule has 0 aliphatic carbocycles. The van der Waals surface area contributed by atoms with Gasteiger partial charge in [-0.2, -0.15) is 0 Å². The lowest BCUT2D eigenvalue weighted by Gasteiger charge is -2.34. The van der Waals surface area contributed by atoms with Crippen LogP contribution in [-0.2, 0) is 4.74 Å². The highest BCUT2D eigenvalue weighted by Crippen LogP contribution is 2.22. The van der Waals surface area contributed by atoms with Crippen molar-refractivity contribution in [2.75, 3.05) is 26.2 Å². The molecular formula is C16H23NO2. The lowest BCUT2D eigenvalue weighted by molar-refractivity contribution is -0.0426. The molecule has 1 N–H and O–H groups in total. The third-order valence-corrected chi connectivity index (χ3v) is 3.49. The maximum atomic E-state index is 9.96. The highest BCUT2D eigenvalue weighted by molar-refractivity contribution is 5.18. The van der Waals surface area contributed by atoms with Gasteiger partial charge in [0.25, 0.3) is 0 Å². The van der Waals surface area contributed by atoms with Crippen molar-refractivity contribution < 1.29 is 9.84 Å². The van der Waals surface area contributed by atoms with Crippen LogP contribution in [0, 0.1) is 0 Å². The molecule has 0 bridgehead atoms. The Labute approximate surface area is 115 Å². The molecule has 2 atom stereocenters. The molecule has 0 spiro atoms. The lowest BCUT2D eigenvalue weighted by Crippen LogP contribution is -2.42. The van der Waals surface area contributed by atoms with Gasteiger partial charge in [0.1, 0.15) is 0 Å². The minimum absolute atomic E-state index is 0.126. The molecule has 1 aliphatic rings. The van der Waals surface area contributed by atoms with Gasteiger partial charge in [0.05, 0.1) is 18.8 Å². The van der Waals surface area contributed by atoms with E-state index in [-0.39, 0.29) is 12.2 Å². The maximum Gasteiger partial charge on any atom is 0.0952 e. The van der Waals surface area contributed by atoms with Crippen molar-refractivity contribution in [2.45, 2.75) is 25.0 Å². The third-order valence-electron chi connectivity index (χ3n) is 3.49. The Morgan fingerprint density at radius 2 is 2.21 bits per heavy atom. The second-order valence-electron chi connectivity index (χ2n) is 5.05. The number of allylic oxidation sites excluding steroid dienone is 1. The van der Waals surface area contributed by atoms with Crippen molar-refractivity contribution in [3.63, 3.8) is 0 Å². The molecule has 3 heteroatoms. The summed E-state index contributed by atoms with van der Waals surface area (Å²) >= 11 is 0. The number of β-amino-alcohol motifs (C(OH)–C–C–N with tert-alkyl or cyclic N) is 1. The van der Waals surface area contributed by atoms with Gasteiger partial charge < -0.3 is 9.84 Å². The van der Waals surface area contributed by atoms with E-state index >= 15 is 0 Å². The Balaban J connectivity index is 1.85. The zero-order valence-corrected chi connectivity index (χ0v) is 11.4. The minimum Gasteiger partial charge on any atom is -0.392 e. The van der Waals surface area contributed by atoms with E-state index in [9.17, 15) is 5.11 Å². The number of rotatable bonds is 6. The number of aliphatic hydroxyl groups excluding tert-OH is 1. The summed E-state index contributed by atoms with van der Waals surface area (Å²) in [5.74, 6) is 0. The number of nitrogens with zero attached hydrogens (tertiary/aromatic N) is 1. The van der Waals surface area contributed by atoms with Gasteiger partial charge in [0, 0.05) is 19.6 Å². The molecule has 1 aromatic rings. The van der Waals surface area contributed by atoms with Crippen LogP contribution in [0.1, 0.15) is 24.5 Å².